The van der Waals surface area contributed by atoms with Crippen molar-refractivity contribution in [3.63, 3.8) is 0 Å². The Balaban J connectivity index is 0.000000357. The molecule has 1 atom stereocenters. The van der Waals surface area contributed by atoms with Crippen molar-refractivity contribution in [2.45, 2.75) is 79.1 Å². The lowest BCUT2D eigenvalue weighted by molar-refractivity contribution is -0.131. The molecule has 1 aromatic carbocycles. The standard InChI is InChI=1S/C15H25N2OP.C13H24N2O2.C3H8/c1-4-11-18-14-6-5-13(12-15(14)19-3)17-9-7-16(2)8-10-17;1-2-3-8-15-9-6-13(7-10-15,12(14)17)5-4-11-16;1-3-2/h5-6,12,19H,4,7-11H2,1-3H3;11H,2-10H2,1H3,(H2,14,17);3H2,1-2H3. The molecule has 0 aromatic heterocycles. The third-order valence-electron chi connectivity index (χ3n) is 7.47. The highest BCUT2D eigenvalue weighted by atomic mass is 31.1. The first-order valence-electron chi connectivity index (χ1n) is 15.1. The van der Waals surface area contributed by atoms with Gasteiger partial charge in [0.05, 0.1) is 12.0 Å². The van der Waals surface area contributed by atoms with Gasteiger partial charge in [0.1, 0.15) is 12.0 Å². The van der Waals surface area contributed by atoms with E-state index in [9.17, 15) is 9.59 Å². The highest BCUT2D eigenvalue weighted by Crippen LogP contribution is 2.35. The normalized spacial score (nSPS) is 17.6. The Morgan fingerprint density at radius 2 is 1.69 bits per heavy atom. The average Bonchev–Trinajstić information content (AvgIpc) is 2.95. The van der Waals surface area contributed by atoms with Crippen molar-refractivity contribution in [2.24, 2.45) is 11.1 Å². The lowest BCUT2D eigenvalue weighted by Crippen LogP contribution is -2.47. The van der Waals surface area contributed by atoms with Gasteiger partial charge < -0.3 is 30.0 Å². The third kappa shape index (κ3) is 12.6. The van der Waals surface area contributed by atoms with Gasteiger partial charge in [-0.2, -0.15) is 0 Å². The van der Waals surface area contributed by atoms with Crippen LogP contribution in [0.3, 0.4) is 0 Å². The number of nitrogens with two attached hydrogens (primary N) is 1. The number of amides is 1. The van der Waals surface area contributed by atoms with Crippen LogP contribution in [0.4, 0.5) is 5.69 Å². The second-order valence-corrected chi connectivity index (χ2v) is 11.9. The number of piperazine rings is 1. The molecule has 1 amide bonds. The van der Waals surface area contributed by atoms with Crippen molar-refractivity contribution < 1.29 is 14.3 Å². The number of unbranched alkanes of at least 4 members (excludes halogenated alkanes) is 1. The lowest BCUT2D eigenvalue weighted by Gasteiger charge is -2.39. The number of ether oxygens (including phenoxy) is 1. The molecule has 2 heterocycles. The van der Waals surface area contributed by atoms with E-state index in [2.05, 4.69) is 74.3 Å². The highest BCUT2D eigenvalue weighted by molar-refractivity contribution is 7.46. The van der Waals surface area contributed by atoms with E-state index in [1.165, 1.54) is 30.3 Å². The van der Waals surface area contributed by atoms with Crippen LogP contribution >= 0.6 is 8.58 Å². The number of hydrogen-bond acceptors (Lipinski definition) is 6. The molecular weight excluding hydrogens is 507 g/mol. The molecule has 224 valence electrons. The minimum atomic E-state index is -0.427. The Morgan fingerprint density at radius 3 is 2.21 bits per heavy atom. The second-order valence-electron chi connectivity index (χ2n) is 10.8. The van der Waals surface area contributed by atoms with Gasteiger partial charge in [-0.05, 0) is 83.6 Å². The van der Waals surface area contributed by atoms with Gasteiger partial charge in [0.15, 0.2) is 0 Å². The maximum absolute atomic E-state index is 11.6. The molecule has 0 saturated carbocycles. The first-order chi connectivity index (χ1) is 18.8. The quantitative estimate of drug-likeness (QED) is 0.287. The summed E-state index contributed by atoms with van der Waals surface area (Å²) in [5.41, 5.74) is 6.44. The molecule has 0 radical (unpaired) electrons. The minimum absolute atomic E-state index is 0.227. The highest BCUT2D eigenvalue weighted by Gasteiger charge is 2.39. The number of nitrogens with zero attached hydrogens (tertiary/aromatic N) is 3. The number of likely N-dealkylation sites (tertiary alicyclic amines) is 1. The summed E-state index contributed by atoms with van der Waals surface area (Å²) in [7, 11) is 2.98. The van der Waals surface area contributed by atoms with E-state index in [1.807, 2.05) is 0 Å². The second kappa shape index (κ2) is 20.2. The Kier molecular flexibility index (Phi) is 18.3. The number of benzene rings is 1. The van der Waals surface area contributed by atoms with Crippen molar-refractivity contribution in [3.8, 4) is 5.75 Å². The van der Waals surface area contributed by atoms with Crippen LogP contribution in [0.1, 0.15) is 79.1 Å². The van der Waals surface area contributed by atoms with E-state index in [0.29, 0.717) is 12.8 Å². The number of hydrogen-bond donors (Lipinski definition) is 1. The van der Waals surface area contributed by atoms with Gasteiger partial charge in [-0.3, -0.25) is 4.79 Å². The summed E-state index contributed by atoms with van der Waals surface area (Å²) in [5, 5.41) is 1.35. The number of carbonyl (C=O) groups excluding carboxylic acids is 2. The molecule has 8 heteroatoms. The summed E-state index contributed by atoms with van der Waals surface area (Å²) >= 11 is 0. The maximum Gasteiger partial charge on any atom is 0.223 e. The van der Waals surface area contributed by atoms with Crippen molar-refractivity contribution in [2.75, 3.05) is 71.0 Å². The van der Waals surface area contributed by atoms with Crippen molar-refractivity contribution in [1.82, 2.24) is 9.80 Å². The molecule has 7 nitrogen and oxygen atoms in total. The zero-order valence-electron chi connectivity index (χ0n) is 25.8. The van der Waals surface area contributed by atoms with Gasteiger partial charge in [0.2, 0.25) is 5.91 Å². The van der Waals surface area contributed by atoms with Gasteiger partial charge in [-0.1, -0.05) is 49.1 Å². The predicted molar refractivity (Wildman–Crippen MR) is 169 cm³/mol. The van der Waals surface area contributed by atoms with E-state index in [4.69, 9.17) is 10.5 Å². The van der Waals surface area contributed by atoms with E-state index in [-0.39, 0.29) is 5.91 Å². The van der Waals surface area contributed by atoms with Crippen LogP contribution in [-0.2, 0) is 9.59 Å². The van der Waals surface area contributed by atoms with Crippen LogP contribution in [0.15, 0.2) is 18.2 Å². The molecule has 2 N–H and O–H groups in total. The first kappa shape index (κ1) is 35.3. The summed E-state index contributed by atoms with van der Waals surface area (Å²) < 4.78 is 5.82. The smallest absolute Gasteiger partial charge is 0.223 e. The van der Waals surface area contributed by atoms with Crippen LogP contribution in [0.25, 0.3) is 0 Å². The van der Waals surface area contributed by atoms with Crippen LogP contribution in [0.2, 0.25) is 0 Å². The van der Waals surface area contributed by atoms with Crippen molar-refractivity contribution >= 4 is 31.8 Å². The van der Waals surface area contributed by atoms with Crippen LogP contribution in [0.5, 0.6) is 5.75 Å². The van der Waals surface area contributed by atoms with Gasteiger partial charge in [0.25, 0.3) is 0 Å². The monoisotopic (exact) mass is 564 g/mol. The van der Waals surface area contributed by atoms with Crippen molar-refractivity contribution in [3.05, 3.63) is 18.2 Å². The fraction of sp³-hybridized carbons (Fsp3) is 0.742. The van der Waals surface area contributed by atoms with E-state index >= 15 is 0 Å². The molecule has 2 aliphatic rings. The van der Waals surface area contributed by atoms with Gasteiger partial charge in [-0.25, -0.2) is 0 Å². The lowest BCUT2D eigenvalue weighted by atomic mass is 9.74. The molecule has 2 saturated heterocycles. The number of primary amides is 1. The third-order valence-corrected chi connectivity index (χ3v) is 8.40. The van der Waals surface area contributed by atoms with E-state index in [0.717, 1.165) is 92.3 Å². The average molecular weight is 565 g/mol. The first-order valence-corrected chi connectivity index (χ1v) is 16.6. The maximum atomic E-state index is 11.6. The zero-order valence-corrected chi connectivity index (χ0v) is 26.8. The zero-order chi connectivity index (χ0) is 29.1. The number of rotatable bonds is 12. The minimum Gasteiger partial charge on any atom is -0.493 e. The number of carbonyl (C=O) groups is 2. The van der Waals surface area contributed by atoms with Crippen LogP contribution in [-0.4, -0.2) is 88.1 Å². The Hall–Kier alpha value is -1.69. The molecule has 1 aromatic rings. The number of anilines is 1. The van der Waals surface area contributed by atoms with Crippen molar-refractivity contribution in [1.29, 1.82) is 0 Å². The summed E-state index contributed by atoms with van der Waals surface area (Å²) in [6.45, 7) is 19.1. The van der Waals surface area contributed by atoms with Crippen LogP contribution in [0, 0.1) is 5.41 Å². The number of aldehydes is 1. The molecule has 1 unspecified atom stereocenters. The predicted octanol–water partition coefficient (Wildman–Crippen LogP) is 4.91. The Labute approximate surface area is 241 Å². The molecule has 2 aliphatic heterocycles. The van der Waals surface area contributed by atoms with Gasteiger partial charge in [-0.15, -0.1) is 0 Å². The Bertz CT molecular complexity index is 807. The molecule has 39 heavy (non-hydrogen) atoms. The van der Waals surface area contributed by atoms with Gasteiger partial charge in [0, 0.05) is 43.6 Å². The van der Waals surface area contributed by atoms with E-state index in [1.54, 1.807) is 0 Å². The fourth-order valence-corrected chi connectivity index (χ4v) is 5.55. The molecule has 0 bridgehead atoms. The molecule has 0 spiro atoms. The van der Waals surface area contributed by atoms with E-state index < -0.39 is 5.41 Å². The number of likely N-dealkylation sites (N-methyl/N-ethyl adjacent to an activating group) is 1. The molecule has 2 fully saturated rings. The summed E-state index contributed by atoms with van der Waals surface area (Å²) in [6.07, 6.45) is 8.27. The number of piperidine rings is 1. The summed E-state index contributed by atoms with van der Waals surface area (Å²) in [5.74, 6) is 0.843. The topological polar surface area (TPSA) is 79.1 Å². The largest absolute Gasteiger partial charge is 0.493 e. The van der Waals surface area contributed by atoms with Crippen LogP contribution < -0.4 is 20.7 Å². The molecule has 3 rings (SSSR count). The Morgan fingerprint density at radius 1 is 1.05 bits per heavy atom. The fourth-order valence-electron chi connectivity index (χ4n) is 4.85. The molecule has 0 aliphatic carbocycles. The van der Waals surface area contributed by atoms with Gasteiger partial charge >= 0.3 is 0 Å². The summed E-state index contributed by atoms with van der Waals surface area (Å²) in [4.78, 5) is 29.3. The SMILES string of the molecule is CCC.CCCCN1CCC(CCC=O)(C(N)=O)CC1.CCCOc1ccc(N2CCN(C)CC2)cc1PC. The summed E-state index contributed by atoms with van der Waals surface area (Å²) in [6, 6.07) is 6.67. The molecular formula is C31H57N4O3P.